The summed E-state index contributed by atoms with van der Waals surface area (Å²) in [5.41, 5.74) is 6.97. The van der Waals surface area contributed by atoms with Gasteiger partial charge in [0, 0.05) is 11.6 Å². The molecule has 94 valence electrons. The molecular weight excluding hydrogens is 196 g/mol. The van der Waals surface area contributed by atoms with Crippen LogP contribution < -0.4 is 5.73 Å². The van der Waals surface area contributed by atoms with Crippen LogP contribution in [0.25, 0.3) is 0 Å². The summed E-state index contributed by atoms with van der Waals surface area (Å²) in [6.45, 7) is 0. The Morgan fingerprint density at radius 2 is 1.56 bits per heavy atom. The largest absolute Gasteiger partial charge is 0.326 e. The first kappa shape index (κ1) is 12.4. The van der Waals surface area contributed by atoms with E-state index in [1.54, 1.807) is 0 Å². The van der Waals surface area contributed by atoms with Crippen molar-refractivity contribution < 1.29 is 0 Å². The fourth-order valence-corrected chi connectivity index (χ4v) is 4.00. The van der Waals surface area contributed by atoms with Crippen LogP contribution in [0.2, 0.25) is 0 Å². The molecule has 2 fully saturated rings. The number of nitrogens with two attached hydrogens (primary N) is 1. The quantitative estimate of drug-likeness (QED) is 0.798. The van der Waals surface area contributed by atoms with Crippen LogP contribution in [0.3, 0.4) is 0 Å². The Morgan fingerprint density at radius 3 is 2.06 bits per heavy atom. The van der Waals surface area contributed by atoms with Crippen LogP contribution in [-0.2, 0) is 0 Å². The highest BCUT2D eigenvalue weighted by molar-refractivity contribution is 5.03. The van der Waals surface area contributed by atoms with E-state index < -0.39 is 0 Å². The molecule has 0 spiro atoms. The SMILES string of the molecule is CN(C)C1(C(N)C2CCCCC2)CCCC1. The summed E-state index contributed by atoms with van der Waals surface area (Å²) in [6, 6.07) is 0.408. The van der Waals surface area contributed by atoms with Crippen molar-refractivity contribution in [2.75, 3.05) is 14.1 Å². The van der Waals surface area contributed by atoms with E-state index in [1.165, 1.54) is 57.8 Å². The molecule has 2 nitrogen and oxygen atoms in total. The van der Waals surface area contributed by atoms with E-state index in [4.69, 9.17) is 5.73 Å². The van der Waals surface area contributed by atoms with Gasteiger partial charge in [0.05, 0.1) is 0 Å². The van der Waals surface area contributed by atoms with Gasteiger partial charge in [-0.15, -0.1) is 0 Å². The number of hydrogen-bond acceptors (Lipinski definition) is 2. The summed E-state index contributed by atoms with van der Waals surface area (Å²) in [4.78, 5) is 2.43. The van der Waals surface area contributed by atoms with Gasteiger partial charge in [-0.3, -0.25) is 0 Å². The maximum Gasteiger partial charge on any atom is 0.0357 e. The summed E-state index contributed by atoms with van der Waals surface area (Å²) in [7, 11) is 4.46. The first-order chi connectivity index (χ1) is 7.67. The molecule has 2 N–H and O–H groups in total. The second-order valence-electron chi connectivity index (χ2n) is 6.13. The Bertz CT molecular complexity index is 213. The first-order valence-electron chi connectivity index (χ1n) is 7.10. The normalized spacial score (nSPS) is 28.5. The third-order valence-corrected chi connectivity index (χ3v) is 5.14. The molecule has 1 atom stereocenters. The average molecular weight is 224 g/mol. The van der Waals surface area contributed by atoms with Crippen LogP contribution in [0, 0.1) is 5.92 Å². The molecule has 1 unspecified atom stereocenters. The lowest BCUT2D eigenvalue weighted by atomic mass is 9.74. The lowest BCUT2D eigenvalue weighted by Crippen LogP contribution is -2.58. The second kappa shape index (κ2) is 5.05. The van der Waals surface area contributed by atoms with Crippen molar-refractivity contribution >= 4 is 0 Å². The minimum atomic E-state index is 0.321. The Kier molecular flexibility index (Phi) is 3.91. The number of hydrogen-bond donors (Lipinski definition) is 1. The van der Waals surface area contributed by atoms with Crippen molar-refractivity contribution in [3.8, 4) is 0 Å². The van der Waals surface area contributed by atoms with E-state index in [2.05, 4.69) is 19.0 Å². The van der Waals surface area contributed by atoms with E-state index in [9.17, 15) is 0 Å². The fraction of sp³-hybridized carbons (Fsp3) is 1.00. The Labute approximate surface area is 101 Å². The molecule has 2 aliphatic rings. The minimum Gasteiger partial charge on any atom is -0.326 e. The highest BCUT2D eigenvalue weighted by Gasteiger charge is 2.44. The van der Waals surface area contributed by atoms with Gasteiger partial charge in [0.15, 0.2) is 0 Å². The Hall–Kier alpha value is -0.0800. The minimum absolute atomic E-state index is 0.321. The molecule has 2 aliphatic carbocycles. The van der Waals surface area contributed by atoms with Crippen molar-refractivity contribution in [1.82, 2.24) is 4.90 Å². The summed E-state index contributed by atoms with van der Waals surface area (Å²) < 4.78 is 0. The van der Waals surface area contributed by atoms with E-state index in [-0.39, 0.29) is 0 Å². The van der Waals surface area contributed by atoms with Crippen LogP contribution in [0.4, 0.5) is 0 Å². The highest BCUT2D eigenvalue weighted by atomic mass is 15.2. The van der Waals surface area contributed by atoms with Crippen molar-refractivity contribution in [1.29, 1.82) is 0 Å². The summed E-state index contributed by atoms with van der Waals surface area (Å²) in [5.74, 6) is 0.786. The molecule has 0 amide bonds. The third-order valence-electron chi connectivity index (χ3n) is 5.14. The molecule has 0 bridgehead atoms. The van der Waals surface area contributed by atoms with Gasteiger partial charge in [0.1, 0.15) is 0 Å². The van der Waals surface area contributed by atoms with Gasteiger partial charge in [0.25, 0.3) is 0 Å². The molecule has 0 heterocycles. The zero-order chi connectivity index (χ0) is 11.6. The topological polar surface area (TPSA) is 29.3 Å². The maximum atomic E-state index is 6.65. The molecule has 0 aromatic carbocycles. The van der Waals surface area contributed by atoms with Crippen LogP contribution in [-0.4, -0.2) is 30.6 Å². The molecule has 0 aromatic heterocycles. The van der Waals surface area contributed by atoms with Gasteiger partial charge in [-0.2, -0.15) is 0 Å². The zero-order valence-electron chi connectivity index (χ0n) is 11.0. The molecule has 2 saturated carbocycles. The first-order valence-corrected chi connectivity index (χ1v) is 7.10. The smallest absolute Gasteiger partial charge is 0.0357 e. The number of likely N-dealkylation sites (N-methyl/N-ethyl adjacent to an activating group) is 1. The van der Waals surface area contributed by atoms with E-state index in [0.717, 1.165) is 5.92 Å². The zero-order valence-corrected chi connectivity index (χ0v) is 11.0. The van der Waals surface area contributed by atoms with Crippen LogP contribution in [0.1, 0.15) is 57.8 Å². The Balaban J connectivity index is 2.07. The van der Waals surface area contributed by atoms with Gasteiger partial charge < -0.3 is 10.6 Å². The highest BCUT2D eigenvalue weighted by Crippen LogP contribution is 2.41. The van der Waals surface area contributed by atoms with Crippen LogP contribution in [0.15, 0.2) is 0 Å². The molecule has 0 radical (unpaired) electrons. The van der Waals surface area contributed by atoms with Gasteiger partial charge in [-0.25, -0.2) is 0 Å². The molecule has 0 aliphatic heterocycles. The van der Waals surface area contributed by atoms with Gasteiger partial charge in [0.2, 0.25) is 0 Å². The fourth-order valence-electron chi connectivity index (χ4n) is 4.00. The molecular formula is C14H28N2. The molecule has 16 heavy (non-hydrogen) atoms. The van der Waals surface area contributed by atoms with Crippen molar-refractivity contribution in [2.45, 2.75) is 69.4 Å². The summed E-state index contributed by atoms with van der Waals surface area (Å²) >= 11 is 0. The predicted octanol–water partition coefficient (Wildman–Crippen LogP) is 2.77. The maximum absolute atomic E-state index is 6.65. The van der Waals surface area contributed by atoms with E-state index in [0.29, 0.717) is 11.6 Å². The third kappa shape index (κ3) is 2.14. The average Bonchev–Trinajstić information content (AvgIpc) is 2.79. The van der Waals surface area contributed by atoms with Crippen molar-refractivity contribution in [3.63, 3.8) is 0 Å². The predicted molar refractivity (Wildman–Crippen MR) is 69.4 cm³/mol. The molecule has 2 rings (SSSR count). The summed E-state index contributed by atoms with van der Waals surface area (Å²) in [5, 5.41) is 0. The van der Waals surface area contributed by atoms with Crippen LogP contribution >= 0.6 is 0 Å². The van der Waals surface area contributed by atoms with Gasteiger partial charge in [-0.05, 0) is 45.7 Å². The Morgan fingerprint density at radius 1 is 1.00 bits per heavy atom. The monoisotopic (exact) mass is 224 g/mol. The van der Waals surface area contributed by atoms with Crippen molar-refractivity contribution in [3.05, 3.63) is 0 Å². The lowest BCUT2D eigenvalue weighted by Gasteiger charge is -2.45. The standard InChI is InChI=1S/C14H28N2/c1-16(2)14(10-6-7-11-14)13(15)12-8-4-3-5-9-12/h12-13H,3-11,15H2,1-2H3. The molecule has 0 saturated heterocycles. The number of rotatable bonds is 3. The molecule has 0 aromatic rings. The second-order valence-corrected chi connectivity index (χ2v) is 6.13. The van der Waals surface area contributed by atoms with Crippen LogP contribution in [0.5, 0.6) is 0 Å². The lowest BCUT2D eigenvalue weighted by molar-refractivity contribution is 0.0818. The van der Waals surface area contributed by atoms with E-state index >= 15 is 0 Å². The van der Waals surface area contributed by atoms with Gasteiger partial charge >= 0.3 is 0 Å². The van der Waals surface area contributed by atoms with Gasteiger partial charge in [-0.1, -0.05) is 32.1 Å². The van der Waals surface area contributed by atoms with Crippen molar-refractivity contribution in [2.24, 2.45) is 11.7 Å². The summed E-state index contributed by atoms with van der Waals surface area (Å²) in [6.07, 6.45) is 12.4. The number of nitrogens with zero attached hydrogens (tertiary/aromatic N) is 1. The van der Waals surface area contributed by atoms with E-state index in [1.807, 2.05) is 0 Å². The molecule has 2 heteroatoms.